The number of amides is 4. The lowest BCUT2D eigenvalue weighted by atomic mass is 10.0. The second-order valence-corrected chi connectivity index (χ2v) is 8.34. The molecule has 8 heteroatoms. The number of nitrogens with zero attached hydrogens (tertiary/aromatic N) is 2. The van der Waals surface area contributed by atoms with Crippen LogP contribution in [0.5, 0.6) is 0 Å². The molecule has 1 saturated heterocycles. The molecule has 0 aromatic heterocycles. The summed E-state index contributed by atoms with van der Waals surface area (Å²) in [5.41, 5.74) is 6.12. The molecule has 3 atom stereocenters. The van der Waals surface area contributed by atoms with Crippen molar-refractivity contribution in [2.24, 2.45) is 11.7 Å². The maximum atomic E-state index is 13.2. The second-order valence-electron chi connectivity index (χ2n) is 8.34. The number of carbonyl (C=O) groups is 4. The van der Waals surface area contributed by atoms with Crippen LogP contribution in [0.1, 0.15) is 45.1 Å². The highest BCUT2D eigenvalue weighted by atomic mass is 16.2. The smallest absolute Gasteiger partial charge is 0.244 e. The molecule has 1 aromatic carbocycles. The van der Waals surface area contributed by atoms with Gasteiger partial charge in [0.25, 0.3) is 0 Å². The van der Waals surface area contributed by atoms with Gasteiger partial charge < -0.3 is 20.9 Å². The monoisotopic (exact) mass is 430 g/mol. The van der Waals surface area contributed by atoms with Gasteiger partial charge in [-0.25, -0.2) is 0 Å². The van der Waals surface area contributed by atoms with E-state index in [2.05, 4.69) is 5.32 Å². The maximum absolute atomic E-state index is 13.2. The van der Waals surface area contributed by atoms with Crippen LogP contribution in [0.2, 0.25) is 0 Å². The zero-order chi connectivity index (χ0) is 23.0. The highest BCUT2D eigenvalue weighted by Gasteiger charge is 2.32. The number of hydrogen-bond donors (Lipinski definition) is 2. The van der Waals surface area contributed by atoms with Crippen molar-refractivity contribution in [3.63, 3.8) is 0 Å². The standard InChI is InChI=1S/C23H34N4O4/c1-16(14-20(24)28)22(30)26(3)19(15-18-10-6-4-7-11-18)21(29)25-17(2)23(31)27-12-8-5-9-13-27/h4,6-7,10-11,16-17,19H,5,8-9,12-15H2,1-3H3,(H2,24,28)(H,25,29)/t16-,17-,19-/m0/s1. The van der Waals surface area contributed by atoms with Crippen LogP contribution in [0.15, 0.2) is 30.3 Å². The largest absolute Gasteiger partial charge is 0.370 e. The molecule has 4 amide bonds. The Labute approximate surface area is 184 Å². The lowest BCUT2D eigenvalue weighted by molar-refractivity contribution is -0.144. The lowest BCUT2D eigenvalue weighted by Gasteiger charge is -2.32. The molecule has 0 aliphatic carbocycles. The van der Waals surface area contributed by atoms with Gasteiger partial charge in [-0.15, -0.1) is 0 Å². The number of piperidine rings is 1. The summed E-state index contributed by atoms with van der Waals surface area (Å²) >= 11 is 0. The molecule has 1 aromatic rings. The number of likely N-dealkylation sites (tertiary alicyclic amines) is 1. The van der Waals surface area contributed by atoms with E-state index in [0.717, 1.165) is 24.8 Å². The molecular formula is C23H34N4O4. The molecule has 1 heterocycles. The van der Waals surface area contributed by atoms with E-state index in [-0.39, 0.29) is 18.2 Å². The molecule has 0 spiro atoms. The third-order valence-corrected chi connectivity index (χ3v) is 5.72. The summed E-state index contributed by atoms with van der Waals surface area (Å²) in [5, 5.41) is 2.80. The molecule has 3 N–H and O–H groups in total. The first-order chi connectivity index (χ1) is 14.7. The fraction of sp³-hybridized carbons (Fsp3) is 0.565. The van der Waals surface area contributed by atoms with Gasteiger partial charge in [0.2, 0.25) is 23.6 Å². The average molecular weight is 431 g/mol. The lowest BCUT2D eigenvalue weighted by Crippen LogP contribution is -2.55. The summed E-state index contributed by atoms with van der Waals surface area (Å²) in [4.78, 5) is 53.1. The van der Waals surface area contributed by atoms with Crippen molar-refractivity contribution in [1.82, 2.24) is 15.1 Å². The van der Waals surface area contributed by atoms with Gasteiger partial charge in [0.1, 0.15) is 12.1 Å². The number of nitrogens with two attached hydrogens (primary N) is 1. The van der Waals surface area contributed by atoms with E-state index in [1.54, 1.807) is 25.8 Å². The van der Waals surface area contributed by atoms with Crippen LogP contribution < -0.4 is 11.1 Å². The predicted octanol–water partition coefficient (Wildman–Crippen LogP) is 1.08. The zero-order valence-electron chi connectivity index (χ0n) is 18.7. The Morgan fingerprint density at radius 2 is 1.68 bits per heavy atom. The molecule has 0 unspecified atom stereocenters. The predicted molar refractivity (Wildman–Crippen MR) is 118 cm³/mol. The van der Waals surface area contributed by atoms with E-state index >= 15 is 0 Å². The van der Waals surface area contributed by atoms with Crippen LogP contribution in [0.4, 0.5) is 0 Å². The summed E-state index contributed by atoms with van der Waals surface area (Å²) in [6, 6.07) is 7.87. The van der Waals surface area contributed by atoms with Crippen molar-refractivity contribution in [2.45, 2.75) is 58.0 Å². The molecule has 0 radical (unpaired) electrons. The van der Waals surface area contributed by atoms with E-state index in [1.807, 2.05) is 30.3 Å². The SMILES string of the molecule is C[C@H](NC(=O)[C@H](Cc1ccccc1)N(C)C(=O)[C@@H](C)CC(N)=O)C(=O)N1CCCCC1. The number of hydrogen-bond acceptors (Lipinski definition) is 4. The van der Waals surface area contributed by atoms with Gasteiger partial charge in [-0.2, -0.15) is 0 Å². The first kappa shape index (κ1) is 24.4. The Morgan fingerprint density at radius 3 is 2.26 bits per heavy atom. The Hall–Kier alpha value is -2.90. The van der Waals surface area contributed by atoms with Crippen molar-refractivity contribution in [1.29, 1.82) is 0 Å². The third kappa shape index (κ3) is 7.08. The van der Waals surface area contributed by atoms with E-state index in [1.165, 1.54) is 4.90 Å². The number of likely N-dealkylation sites (N-methyl/N-ethyl adjacent to an activating group) is 1. The molecule has 1 aliphatic rings. The molecule has 170 valence electrons. The van der Waals surface area contributed by atoms with Gasteiger partial charge in [-0.05, 0) is 31.7 Å². The normalized spacial score (nSPS) is 16.7. The highest BCUT2D eigenvalue weighted by Crippen LogP contribution is 2.15. The summed E-state index contributed by atoms with van der Waals surface area (Å²) in [5.74, 6) is -2.06. The van der Waals surface area contributed by atoms with Crippen molar-refractivity contribution in [3.05, 3.63) is 35.9 Å². The number of primary amides is 1. The van der Waals surface area contributed by atoms with E-state index in [0.29, 0.717) is 19.5 Å². The first-order valence-electron chi connectivity index (χ1n) is 10.9. The van der Waals surface area contributed by atoms with E-state index < -0.39 is 29.8 Å². The number of rotatable bonds is 9. The molecule has 0 bridgehead atoms. The van der Waals surface area contributed by atoms with Crippen LogP contribution in [-0.2, 0) is 25.6 Å². The molecule has 8 nitrogen and oxygen atoms in total. The zero-order valence-corrected chi connectivity index (χ0v) is 18.7. The van der Waals surface area contributed by atoms with Gasteiger partial charge in [-0.1, -0.05) is 37.3 Å². The van der Waals surface area contributed by atoms with Gasteiger partial charge >= 0.3 is 0 Å². The number of carbonyl (C=O) groups excluding carboxylic acids is 4. The van der Waals surface area contributed by atoms with Crippen molar-refractivity contribution in [3.8, 4) is 0 Å². The molecule has 1 aliphatic heterocycles. The summed E-state index contributed by atoms with van der Waals surface area (Å²) < 4.78 is 0. The quantitative estimate of drug-likeness (QED) is 0.610. The number of nitrogens with one attached hydrogen (secondary N) is 1. The summed E-state index contributed by atoms with van der Waals surface area (Å²) in [6.45, 7) is 4.69. The van der Waals surface area contributed by atoms with E-state index in [4.69, 9.17) is 5.73 Å². The van der Waals surface area contributed by atoms with Crippen LogP contribution in [-0.4, -0.2) is 65.6 Å². The van der Waals surface area contributed by atoms with Crippen molar-refractivity contribution < 1.29 is 19.2 Å². The van der Waals surface area contributed by atoms with Crippen LogP contribution in [0.3, 0.4) is 0 Å². The van der Waals surface area contributed by atoms with Crippen molar-refractivity contribution >= 4 is 23.6 Å². The minimum Gasteiger partial charge on any atom is -0.370 e. The van der Waals surface area contributed by atoms with Gasteiger partial charge in [0, 0.05) is 38.9 Å². The highest BCUT2D eigenvalue weighted by molar-refractivity contribution is 5.93. The second kappa shape index (κ2) is 11.5. The number of benzene rings is 1. The Bertz CT molecular complexity index is 777. The van der Waals surface area contributed by atoms with Crippen molar-refractivity contribution in [2.75, 3.05) is 20.1 Å². The minimum absolute atomic E-state index is 0.0906. The molecule has 1 fully saturated rings. The maximum Gasteiger partial charge on any atom is 0.244 e. The van der Waals surface area contributed by atoms with Crippen LogP contribution in [0, 0.1) is 5.92 Å². The van der Waals surface area contributed by atoms with Gasteiger partial charge in [0.05, 0.1) is 0 Å². The van der Waals surface area contributed by atoms with Crippen LogP contribution >= 0.6 is 0 Å². The summed E-state index contributed by atoms with van der Waals surface area (Å²) in [7, 11) is 1.55. The fourth-order valence-corrected chi connectivity index (χ4v) is 3.89. The Kier molecular flexibility index (Phi) is 9.03. The summed E-state index contributed by atoms with van der Waals surface area (Å²) in [6.07, 6.45) is 3.26. The third-order valence-electron chi connectivity index (χ3n) is 5.72. The minimum atomic E-state index is -0.818. The average Bonchev–Trinajstić information content (AvgIpc) is 2.76. The van der Waals surface area contributed by atoms with Crippen LogP contribution in [0.25, 0.3) is 0 Å². The Morgan fingerprint density at radius 1 is 1.06 bits per heavy atom. The fourth-order valence-electron chi connectivity index (χ4n) is 3.89. The topological polar surface area (TPSA) is 113 Å². The molecular weight excluding hydrogens is 396 g/mol. The first-order valence-corrected chi connectivity index (χ1v) is 10.9. The Balaban J connectivity index is 2.14. The molecule has 0 saturated carbocycles. The van der Waals surface area contributed by atoms with E-state index in [9.17, 15) is 19.2 Å². The molecule has 31 heavy (non-hydrogen) atoms. The van der Waals surface area contributed by atoms with Gasteiger partial charge in [-0.3, -0.25) is 19.2 Å². The molecule has 2 rings (SSSR count). The van der Waals surface area contributed by atoms with Gasteiger partial charge in [0.15, 0.2) is 0 Å².